The number of hydrogen-bond donors (Lipinski definition) is 1. The molecule has 0 heterocycles. The molecular formula is C16H18ClNO. The van der Waals surface area contributed by atoms with Crippen molar-refractivity contribution in [2.24, 2.45) is 5.73 Å². The Morgan fingerprint density at radius 3 is 2.63 bits per heavy atom. The van der Waals surface area contributed by atoms with Crippen LogP contribution in [0.5, 0.6) is 5.75 Å². The van der Waals surface area contributed by atoms with Crippen LogP contribution in [0.2, 0.25) is 5.02 Å². The summed E-state index contributed by atoms with van der Waals surface area (Å²) in [5.41, 5.74) is 9.20. The standard InChI is InChI=1S/C16H18ClNO/c1-11-5-3-6-13(9-11)10-19-16-14(12(2)18)7-4-8-15(16)17/h3-9,12H,10,18H2,1-2H3. The van der Waals surface area contributed by atoms with Crippen molar-refractivity contribution >= 4 is 11.6 Å². The van der Waals surface area contributed by atoms with Crippen LogP contribution >= 0.6 is 11.6 Å². The lowest BCUT2D eigenvalue weighted by Crippen LogP contribution is -2.08. The van der Waals surface area contributed by atoms with Crippen LogP contribution in [0.3, 0.4) is 0 Å². The Balaban J connectivity index is 2.19. The summed E-state index contributed by atoms with van der Waals surface area (Å²) < 4.78 is 5.86. The zero-order chi connectivity index (χ0) is 13.8. The second kappa shape index (κ2) is 6.09. The number of nitrogens with two attached hydrogens (primary N) is 1. The molecule has 0 aromatic heterocycles. The Kier molecular flexibility index (Phi) is 4.46. The summed E-state index contributed by atoms with van der Waals surface area (Å²) in [6, 6.07) is 13.8. The maximum Gasteiger partial charge on any atom is 0.143 e. The number of ether oxygens (including phenoxy) is 1. The van der Waals surface area contributed by atoms with Gasteiger partial charge in [0.25, 0.3) is 0 Å². The summed E-state index contributed by atoms with van der Waals surface area (Å²) >= 11 is 6.19. The second-order valence-corrected chi connectivity index (χ2v) is 5.13. The molecular weight excluding hydrogens is 258 g/mol. The SMILES string of the molecule is Cc1cccc(COc2c(Cl)cccc2C(C)N)c1. The van der Waals surface area contributed by atoms with E-state index in [-0.39, 0.29) is 6.04 Å². The minimum absolute atomic E-state index is 0.105. The zero-order valence-electron chi connectivity index (χ0n) is 11.2. The molecule has 2 rings (SSSR count). The quantitative estimate of drug-likeness (QED) is 0.905. The van der Waals surface area contributed by atoms with Crippen molar-refractivity contribution in [1.82, 2.24) is 0 Å². The molecule has 100 valence electrons. The van der Waals surface area contributed by atoms with Gasteiger partial charge in [0, 0.05) is 11.6 Å². The lowest BCUT2D eigenvalue weighted by molar-refractivity contribution is 0.301. The van der Waals surface area contributed by atoms with E-state index in [1.807, 2.05) is 37.3 Å². The molecule has 0 amide bonds. The molecule has 2 N–H and O–H groups in total. The maximum absolute atomic E-state index is 6.19. The van der Waals surface area contributed by atoms with Crippen molar-refractivity contribution in [1.29, 1.82) is 0 Å². The third-order valence-electron chi connectivity index (χ3n) is 2.95. The van der Waals surface area contributed by atoms with E-state index in [4.69, 9.17) is 22.1 Å². The highest BCUT2D eigenvalue weighted by Gasteiger charge is 2.11. The smallest absolute Gasteiger partial charge is 0.143 e. The van der Waals surface area contributed by atoms with Crippen LogP contribution in [-0.4, -0.2) is 0 Å². The van der Waals surface area contributed by atoms with E-state index in [1.54, 1.807) is 0 Å². The molecule has 3 heteroatoms. The summed E-state index contributed by atoms with van der Waals surface area (Å²) in [5.74, 6) is 0.681. The summed E-state index contributed by atoms with van der Waals surface area (Å²) in [5, 5.41) is 0.599. The fourth-order valence-electron chi connectivity index (χ4n) is 1.99. The van der Waals surface area contributed by atoms with Gasteiger partial charge in [-0.3, -0.25) is 0 Å². The first-order valence-corrected chi connectivity index (χ1v) is 6.68. The number of halogens is 1. The second-order valence-electron chi connectivity index (χ2n) is 4.72. The van der Waals surface area contributed by atoms with Crippen LogP contribution in [0, 0.1) is 6.92 Å². The highest BCUT2D eigenvalue weighted by Crippen LogP contribution is 2.32. The Morgan fingerprint density at radius 2 is 1.95 bits per heavy atom. The third-order valence-corrected chi connectivity index (χ3v) is 3.25. The van der Waals surface area contributed by atoms with Crippen LogP contribution in [0.25, 0.3) is 0 Å². The predicted octanol–water partition coefficient (Wildman–Crippen LogP) is 4.25. The fourth-order valence-corrected chi connectivity index (χ4v) is 2.23. The molecule has 2 nitrogen and oxygen atoms in total. The number of benzene rings is 2. The van der Waals surface area contributed by atoms with Crippen LogP contribution in [0.4, 0.5) is 0 Å². The monoisotopic (exact) mass is 275 g/mol. The van der Waals surface area contributed by atoms with E-state index in [0.29, 0.717) is 17.4 Å². The first kappa shape index (κ1) is 13.9. The molecule has 19 heavy (non-hydrogen) atoms. The molecule has 1 unspecified atom stereocenters. The summed E-state index contributed by atoms with van der Waals surface area (Å²) in [4.78, 5) is 0. The Morgan fingerprint density at radius 1 is 1.21 bits per heavy atom. The molecule has 0 aliphatic carbocycles. The molecule has 0 bridgehead atoms. The van der Waals surface area contributed by atoms with E-state index in [1.165, 1.54) is 5.56 Å². The van der Waals surface area contributed by atoms with Gasteiger partial charge in [-0.25, -0.2) is 0 Å². The van der Waals surface area contributed by atoms with Gasteiger partial charge in [0.15, 0.2) is 0 Å². The summed E-state index contributed by atoms with van der Waals surface area (Å²) in [7, 11) is 0. The van der Waals surface area contributed by atoms with Gasteiger partial charge in [0.2, 0.25) is 0 Å². The number of aryl methyl sites for hydroxylation is 1. The van der Waals surface area contributed by atoms with Crippen molar-refractivity contribution < 1.29 is 4.74 Å². The van der Waals surface area contributed by atoms with Crippen molar-refractivity contribution in [2.75, 3.05) is 0 Å². The van der Waals surface area contributed by atoms with Crippen LogP contribution in [0.15, 0.2) is 42.5 Å². The third kappa shape index (κ3) is 3.49. The normalized spacial score (nSPS) is 12.2. The summed E-state index contributed by atoms with van der Waals surface area (Å²) in [6.45, 7) is 4.47. The lowest BCUT2D eigenvalue weighted by atomic mass is 10.1. The lowest BCUT2D eigenvalue weighted by Gasteiger charge is -2.15. The number of rotatable bonds is 4. The zero-order valence-corrected chi connectivity index (χ0v) is 11.9. The Bertz CT molecular complexity index is 566. The van der Waals surface area contributed by atoms with Gasteiger partial charge >= 0.3 is 0 Å². The highest BCUT2D eigenvalue weighted by atomic mass is 35.5. The van der Waals surface area contributed by atoms with E-state index < -0.39 is 0 Å². The van der Waals surface area contributed by atoms with E-state index in [0.717, 1.165) is 11.1 Å². The van der Waals surface area contributed by atoms with Crippen LogP contribution in [0.1, 0.15) is 29.7 Å². The Hall–Kier alpha value is -1.51. The molecule has 0 aliphatic heterocycles. The first-order chi connectivity index (χ1) is 9.08. The molecule has 2 aromatic carbocycles. The van der Waals surface area contributed by atoms with Gasteiger partial charge in [-0.15, -0.1) is 0 Å². The summed E-state index contributed by atoms with van der Waals surface area (Å²) in [6.07, 6.45) is 0. The number of para-hydroxylation sites is 1. The fraction of sp³-hybridized carbons (Fsp3) is 0.250. The highest BCUT2D eigenvalue weighted by molar-refractivity contribution is 6.32. The van der Waals surface area contributed by atoms with E-state index in [2.05, 4.69) is 19.1 Å². The van der Waals surface area contributed by atoms with Gasteiger partial charge in [-0.2, -0.15) is 0 Å². The van der Waals surface area contributed by atoms with Crippen LogP contribution in [-0.2, 0) is 6.61 Å². The number of hydrogen-bond acceptors (Lipinski definition) is 2. The van der Waals surface area contributed by atoms with Crippen molar-refractivity contribution in [3.63, 3.8) is 0 Å². The minimum atomic E-state index is -0.105. The van der Waals surface area contributed by atoms with Gasteiger partial charge in [0.1, 0.15) is 12.4 Å². The predicted molar refractivity (Wildman–Crippen MR) is 79.6 cm³/mol. The molecule has 2 aromatic rings. The van der Waals surface area contributed by atoms with Crippen LogP contribution < -0.4 is 10.5 Å². The molecule has 0 saturated carbocycles. The molecule has 0 aliphatic rings. The van der Waals surface area contributed by atoms with Crippen molar-refractivity contribution in [3.05, 3.63) is 64.2 Å². The van der Waals surface area contributed by atoms with E-state index >= 15 is 0 Å². The molecule has 0 spiro atoms. The first-order valence-electron chi connectivity index (χ1n) is 6.30. The molecule has 0 saturated heterocycles. The largest absolute Gasteiger partial charge is 0.487 e. The van der Waals surface area contributed by atoms with Gasteiger partial charge in [0.05, 0.1) is 5.02 Å². The van der Waals surface area contributed by atoms with Gasteiger partial charge in [-0.1, -0.05) is 53.6 Å². The Labute approximate surface area is 119 Å². The minimum Gasteiger partial charge on any atom is -0.487 e. The molecule has 0 radical (unpaired) electrons. The van der Waals surface area contributed by atoms with Gasteiger partial charge in [-0.05, 0) is 25.5 Å². The molecule has 1 atom stereocenters. The van der Waals surface area contributed by atoms with Crippen molar-refractivity contribution in [2.45, 2.75) is 26.5 Å². The average Bonchev–Trinajstić information content (AvgIpc) is 2.37. The molecule has 0 fully saturated rings. The van der Waals surface area contributed by atoms with Gasteiger partial charge < -0.3 is 10.5 Å². The van der Waals surface area contributed by atoms with Crippen molar-refractivity contribution in [3.8, 4) is 5.75 Å². The topological polar surface area (TPSA) is 35.2 Å². The maximum atomic E-state index is 6.19. The van der Waals surface area contributed by atoms with E-state index in [9.17, 15) is 0 Å². The average molecular weight is 276 g/mol.